The summed E-state index contributed by atoms with van der Waals surface area (Å²) in [6.45, 7) is 5.58. The highest BCUT2D eigenvalue weighted by molar-refractivity contribution is 8.18. The molecule has 5 rings (SSSR count). The third-order valence-electron chi connectivity index (χ3n) is 6.06. The molecule has 2 aliphatic rings. The Morgan fingerprint density at radius 1 is 1.20 bits per heavy atom. The number of thioether (sulfide) groups is 1. The number of nitrogens with one attached hydrogen (secondary N) is 2. The number of thiophene rings is 1. The highest BCUT2D eigenvalue weighted by atomic mass is 32.2. The predicted molar refractivity (Wildman–Crippen MR) is 140 cm³/mol. The van der Waals surface area contributed by atoms with Crippen LogP contribution in [0.5, 0.6) is 0 Å². The first-order chi connectivity index (χ1) is 17.0. The number of aryl methyl sites for hydroxylation is 1. The highest BCUT2D eigenvalue weighted by Crippen LogP contribution is 2.26. The molecule has 0 spiro atoms. The van der Waals surface area contributed by atoms with Crippen molar-refractivity contribution in [3.8, 4) is 11.3 Å². The monoisotopic (exact) mass is 506 g/mol. The van der Waals surface area contributed by atoms with Gasteiger partial charge in [0.1, 0.15) is 0 Å². The number of rotatable bonds is 7. The maximum absolute atomic E-state index is 11.8. The SMILES string of the molecule is Cc1cc(CNCC2CCN(c3nccc(/C=C4\SC(=O)NC4=O)n3)CC2)nc(-c2ccsc2)c1. The molecule has 35 heavy (non-hydrogen) atoms. The van der Waals surface area contributed by atoms with E-state index in [0.717, 1.165) is 62.2 Å². The van der Waals surface area contributed by atoms with E-state index >= 15 is 0 Å². The van der Waals surface area contributed by atoms with Crippen LogP contribution in [0, 0.1) is 12.8 Å². The van der Waals surface area contributed by atoms with Crippen LogP contribution in [0.3, 0.4) is 0 Å². The molecule has 3 aromatic heterocycles. The van der Waals surface area contributed by atoms with Gasteiger partial charge in [-0.05, 0) is 85.3 Å². The summed E-state index contributed by atoms with van der Waals surface area (Å²) in [4.78, 5) is 39.6. The van der Waals surface area contributed by atoms with Crippen molar-refractivity contribution in [3.63, 3.8) is 0 Å². The Labute approximate surface area is 212 Å². The van der Waals surface area contributed by atoms with Gasteiger partial charge in [0.25, 0.3) is 11.1 Å². The lowest BCUT2D eigenvalue weighted by molar-refractivity contribution is -0.115. The zero-order valence-corrected chi connectivity index (χ0v) is 21.0. The minimum absolute atomic E-state index is 0.354. The van der Waals surface area contributed by atoms with Crippen molar-refractivity contribution in [2.24, 2.45) is 5.92 Å². The number of carbonyl (C=O) groups excluding carboxylic acids is 2. The molecular weight excluding hydrogens is 480 g/mol. The molecule has 2 saturated heterocycles. The summed E-state index contributed by atoms with van der Waals surface area (Å²) in [5, 5.41) is 9.72. The van der Waals surface area contributed by atoms with E-state index in [4.69, 9.17) is 4.98 Å². The van der Waals surface area contributed by atoms with Crippen LogP contribution in [0.4, 0.5) is 10.7 Å². The van der Waals surface area contributed by atoms with Crippen LogP contribution in [-0.2, 0) is 11.3 Å². The Morgan fingerprint density at radius 2 is 2.06 bits per heavy atom. The number of hydrogen-bond acceptors (Lipinski definition) is 9. The summed E-state index contributed by atoms with van der Waals surface area (Å²) in [6.07, 6.45) is 5.43. The quantitative estimate of drug-likeness (QED) is 0.459. The number of imide groups is 1. The molecule has 8 nitrogen and oxygen atoms in total. The maximum Gasteiger partial charge on any atom is 0.290 e. The lowest BCUT2D eigenvalue weighted by Gasteiger charge is -2.32. The van der Waals surface area contributed by atoms with Crippen molar-refractivity contribution < 1.29 is 9.59 Å². The van der Waals surface area contributed by atoms with E-state index in [1.165, 1.54) is 11.1 Å². The highest BCUT2D eigenvalue weighted by Gasteiger charge is 2.25. The molecule has 0 bridgehead atoms. The summed E-state index contributed by atoms with van der Waals surface area (Å²) in [5.74, 6) is 0.866. The number of amides is 2. The summed E-state index contributed by atoms with van der Waals surface area (Å²) < 4.78 is 0. The molecule has 0 saturated carbocycles. The summed E-state index contributed by atoms with van der Waals surface area (Å²) in [5.41, 5.74) is 5.13. The minimum atomic E-state index is -0.378. The first kappa shape index (κ1) is 23.7. The van der Waals surface area contributed by atoms with E-state index in [0.29, 0.717) is 22.5 Å². The zero-order chi connectivity index (χ0) is 24.2. The fourth-order valence-electron chi connectivity index (χ4n) is 4.28. The van der Waals surface area contributed by atoms with E-state index in [9.17, 15) is 9.59 Å². The van der Waals surface area contributed by atoms with Gasteiger partial charge < -0.3 is 10.2 Å². The van der Waals surface area contributed by atoms with E-state index in [-0.39, 0.29) is 11.1 Å². The van der Waals surface area contributed by atoms with Gasteiger partial charge in [0.15, 0.2) is 0 Å². The number of nitrogens with zero attached hydrogens (tertiary/aromatic N) is 4. The average molecular weight is 507 g/mol. The normalized spacial score (nSPS) is 17.9. The fraction of sp³-hybridized carbons (Fsp3) is 0.320. The second-order valence-corrected chi connectivity index (χ2v) is 10.5. The molecule has 0 radical (unpaired) electrons. The van der Waals surface area contributed by atoms with Gasteiger partial charge in [-0.25, -0.2) is 9.97 Å². The second-order valence-electron chi connectivity index (χ2n) is 8.73. The van der Waals surface area contributed by atoms with Gasteiger partial charge in [-0.1, -0.05) is 0 Å². The number of carbonyl (C=O) groups is 2. The van der Waals surface area contributed by atoms with Gasteiger partial charge in [-0.15, -0.1) is 0 Å². The fourth-order valence-corrected chi connectivity index (χ4v) is 5.60. The van der Waals surface area contributed by atoms with Crippen LogP contribution < -0.4 is 15.5 Å². The van der Waals surface area contributed by atoms with Crippen LogP contribution in [-0.4, -0.2) is 45.7 Å². The zero-order valence-electron chi connectivity index (χ0n) is 19.4. The van der Waals surface area contributed by atoms with Crippen molar-refractivity contribution in [1.82, 2.24) is 25.6 Å². The van der Waals surface area contributed by atoms with E-state index in [1.54, 1.807) is 29.7 Å². The number of pyridine rings is 1. The van der Waals surface area contributed by atoms with Crippen molar-refractivity contribution in [2.75, 3.05) is 24.5 Å². The molecule has 3 aromatic rings. The van der Waals surface area contributed by atoms with Gasteiger partial charge in [0.05, 0.1) is 22.0 Å². The second kappa shape index (κ2) is 10.7. The molecular formula is C25H26N6O2S2. The molecule has 2 amide bonds. The first-order valence-corrected chi connectivity index (χ1v) is 13.3. The van der Waals surface area contributed by atoms with Crippen molar-refractivity contribution in [2.45, 2.75) is 26.3 Å². The number of hydrogen-bond donors (Lipinski definition) is 2. The summed E-state index contributed by atoms with van der Waals surface area (Å²) in [6, 6.07) is 8.14. The molecule has 0 atom stereocenters. The lowest BCUT2D eigenvalue weighted by Crippen LogP contribution is -2.38. The van der Waals surface area contributed by atoms with Gasteiger partial charge in [-0.3, -0.25) is 19.9 Å². The average Bonchev–Trinajstić information content (AvgIpc) is 3.49. The molecule has 2 fully saturated rings. The summed E-state index contributed by atoms with van der Waals surface area (Å²) >= 11 is 2.58. The van der Waals surface area contributed by atoms with Gasteiger partial charge in [0.2, 0.25) is 5.95 Å². The Hall–Kier alpha value is -3.08. The third-order valence-corrected chi connectivity index (χ3v) is 7.56. The predicted octanol–water partition coefficient (Wildman–Crippen LogP) is 4.24. The molecule has 0 unspecified atom stereocenters. The van der Waals surface area contributed by atoms with Gasteiger partial charge in [0, 0.05) is 36.8 Å². The molecule has 0 aromatic carbocycles. The standard InChI is InChI=1S/C25H26N6O2S2/c1-16-10-20(28-21(11-16)18-5-9-34-15-18)14-26-13-17-3-7-31(8-4-17)24-27-6-2-19(29-24)12-22-23(32)30-25(33)35-22/h2,5-6,9-12,15,17,26H,3-4,7-8,13-14H2,1H3,(H,30,32,33)/b22-12-. The maximum atomic E-state index is 11.8. The van der Waals surface area contributed by atoms with Crippen LogP contribution in [0.25, 0.3) is 17.3 Å². The number of anilines is 1. The molecule has 2 aliphatic heterocycles. The van der Waals surface area contributed by atoms with E-state index < -0.39 is 0 Å². The Kier molecular flexibility index (Phi) is 7.21. The van der Waals surface area contributed by atoms with Crippen molar-refractivity contribution in [3.05, 3.63) is 63.1 Å². The summed E-state index contributed by atoms with van der Waals surface area (Å²) in [7, 11) is 0. The van der Waals surface area contributed by atoms with E-state index in [2.05, 4.69) is 61.4 Å². The largest absolute Gasteiger partial charge is 0.341 e. The Balaban J connectivity index is 1.12. The minimum Gasteiger partial charge on any atom is -0.341 e. The molecule has 180 valence electrons. The molecule has 0 aliphatic carbocycles. The van der Waals surface area contributed by atoms with Crippen molar-refractivity contribution in [1.29, 1.82) is 0 Å². The number of aromatic nitrogens is 3. The topological polar surface area (TPSA) is 100 Å². The van der Waals surface area contributed by atoms with Crippen molar-refractivity contribution >= 4 is 46.3 Å². The molecule has 10 heteroatoms. The van der Waals surface area contributed by atoms with Crippen LogP contribution in [0.1, 0.15) is 29.8 Å². The number of piperidine rings is 1. The lowest BCUT2D eigenvalue weighted by atomic mass is 9.97. The van der Waals surface area contributed by atoms with Gasteiger partial charge >= 0.3 is 0 Å². The Bertz CT molecular complexity index is 1250. The molecule has 5 heterocycles. The van der Waals surface area contributed by atoms with Gasteiger partial charge in [-0.2, -0.15) is 11.3 Å². The first-order valence-electron chi connectivity index (χ1n) is 11.6. The molecule has 2 N–H and O–H groups in total. The van der Waals surface area contributed by atoms with Crippen LogP contribution >= 0.6 is 23.1 Å². The smallest absolute Gasteiger partial charge is 0.290 e. The third kappa shape index (κ3) is 5.95. The van der Waals surface area contributed by atoms with Crippen LogP contribution in [0.15, 0.2) is 46.1 Å². The van der Waals surface area contributed by atoms with Crippen LogP contribution in [0.2, 0.25) is 0 Å². The van der Waals surface area contributed by atoms with E-state index in [1.807, 2.05) is 0 Å². The Morgan fingerprint density at radius 3 is 2.80 bits per heavy atom.